The molecule has 2 amide bonds. The van der Waals surface area contributed by atoms with Crippen LogP contribution in [-0.4, -0.2) is 63.4 Å². The molecule has 0 radical (unpaired) electrons. The Morgan fingerprint density at radius 2 is 1.68 bits per heavy atom. The summed E-state index contributed by atoms with van der Waals surface area (Å²) in [7, 11) is 0. The topological polar surface area (TPSA) is 83.4 Å². The SMILES string of the molecule is CCn1c(SCC(=O)N2CCN(c3ccccc3)CC2)nnc1[C@@H](NC(=O)c1ccccc1Cl)C(C)C. The number of benzene rings is 2. The molecule has 4 rings (SSSR count). The number of piperazine rings is 1. The lowest BCUT2D eigenvalue weighted by atomic mass is 10.0. The van der Waals surface area contributed by atoms with Crippen molar-refractivity contribution in [3.63, 3.8) is 0 Å². The maximum atomic E-state index is 13.0. The van der Waals surface area contributed by atoms with Gasteiger partial charge in [0, 0.05) is 38.4 Å². The van der Waals surface area contributed by atoms with E-state index in [1.807, 2.05) is 48.4 Å². The van der Waals surface area contributed by atoms with E-state index in [1.165, 1.54) is 17.4 Å². The zero-order chi connectivity index (χ0) is 26.4. The predicted octanol–water partition coefficient (Wildman–Crippen LogP) is 4.52. The molecule has 0 spiro atoms. The van der Waals surface area contributed by atoms with E-state index < -0.39 is 0 Å². The monoisotopic (exact) mass is 540 g/mol. The minimum Gasteiger partial charge on any atom is -0.368 e. The Labute approximate surface area is 227 Å². The van der Waals surface area contributed by atoms with Crippen molar-refractivity contribution in [1.82, 2.24) is 25.0 Å². The summed E-state index contributed by atoms with van der Waals surface area (Å²) in [4.78, 5) is 30.1. The highest BCUT2D eigenvalue weighted by Crippen LogP contribution is 2.27. The minimum absolute atomic E-state index is 0.0707. The largest absolute Gasteiger partial charge is 0.368 e. The van der Waals surface area contributed by atoms with Gasteiger partial charge in [0.1, 0.15) is 0 Å². The number of amides is 2. The third kappa shape index (κ3) is 6.45. The highest BCUT2D eigenvalue weighted by molar-refractivity contribution is 7.99. The normalized spacial score (nSPS) is 14.6. The van der Waals surface area contributed by atoms with Gasteiger partial charge in [-0.15, -0.1) is 10.2 Å². The zero-order valence-electron chi connectivity index (χ0n) is 21.4. The highest BCUT2D eigenvalue weighted by Gasteiger charge is 2.27. The first-order chi connectivity index (χ1) is 17.9. The van der Waals surface area contributed by atoms with Gasteiger partial charge in [-0.1, -0.05) is 67.5 Å². The number of carbonyl (C=O) groups is 2. The van der Waals surface area contributed by atoms with Crippen LogP contribution in [0.3, 0.4) is 0 Å². The van der Waals surface area contributed by atoms with Crippen molar-refractivity contribution in [2.75, 3.05) is 36.8 Å². The first-order valence-electron chi connectivity index (χ1n) is 12.6. The quantitative estimate of drug-likeness (QED) is 0.402. The van der Waals surface area contributed by atoms with Crippen LogP contribution in [0.5, 0.6) is 0 Å². The van der Waals surface area contributed by atoms with Crippen molar-refractivity contribution in [1.29, 1.82) is 0 Å². The summed E-state index contributed by atoms with van der Waals surface area (Å²) < 4.78 is 1.98. The average molecular weight is 541 g/mol. The van der Waals surface area contributed by atoms with Gasteiger partial charge in [0.25, 0.3) is 5.91 Å². The summed E-state index contributed by atoms with van der Waals surface area (Å²) in [5.74, 6) is 0.874. The van der Waals surface area contributed by atoms with Gasteiger partial charge in [-0.2, -0.15) is 0 Å². The standard InChI is InChI=1S/C27H33ClN6O2S/c1-4-34-25(24(19(2)3)29-26(36)21-12-8-9-13-22(21)28)30-31-27(34)37-18-23(35)33-16-14-32(15-17-33)20-10-6-5-7-11-20/h5-13,19,24H,4,14-18H2,1-3H3,(H,29,36)/t24-/m0/s1. The molecule has 1 aliphatic heterocycles. The molecule has 2 heterocycles. The summed E-state index contributed by atoms with van der Waals surface area (Å²) >= 11 is 7.62. The van der Waals surface area contributed by atoms with E-state index in [9.17, 15) is 9.59 Å². The lowest BCUT2D eigenvalue weighted by molar-refractivity contribution is -0.128. The van der Waals surface area contributed by atoms with Crippen molar-refractivity contribution in [3.05, 3.63) is 71.0 Å². The van der Waals surface area contributed by atoms with Gasteiger partial charge in [0.15, 0.2) is 11.0 Å². The molecule has 1 N–H and O–H groups in total. The van der Waals surface area contributed by atoms with Gasteiger partial charge in [-0.25, -0.2) is 0 Å². The number of para-hydroxylation sites is 1. The summed E-state index contributed by atoms with van der Waals surface area (Å²) in [6.45, 7) is 9.71. The molecule has 1 saturated heterocycles. The highest BCUT2D eigenvalue weighted by atomic mass is 35.5. The van der Waals surface area contributed by atoms with Gasteiger partial charge in [-0.3, -0.25) is 9.59 Å². The van der Waals surface area contributed by atoms with Crippen LogP contribution in [0, 0.1) is 5.92 Å². The number of carbonyl (C=O) groups excluding carboxylic acids is 2. The summed E-state index contributed by atoms with van der Waals surface area (Å²) in [5, 5.41) is 13.0. The third-order valence-electron chi connectivity index (χ3n) is 6.49. The van der Waals surface area contributed by atoms with Crippen LogP contribution in [0.1, 0.15) is 43.0 Å². The number of thioether (sulfide) groups is 1. The molecule has 10 heteroatoms. The Hall–Kier alpha value is -3.04. The molecule has 37 heavy (non-hydrogen) atoms. The lowest BCUT2D eigenvalue weighted by Crippen LogP contribution is -2.49. The van der Waals surface area contributed by atoms with E-state index in [2.05, 4.69) is 32.5 Å². The fraction of sp³-hybridized carbons (Fsp3) is 0.407. The number of halogens is 1. The molecule has 1 fully saturated rings. The number of nitrogens with one attached hydrogen (secondary N) is 1. The Morgan fingerprint density at radius 1 is 1.00 bits per heavy atom. The summed E-state index contributed by atoms with van der Waals surface area (Å²) in [5.41, 5.74) is 1.61. The maximum Gasteiger partial charge on any atom is 0.253 e. The van der Waals surface area contributed by atoms with Gasteiger partial charge in [0.05, 0.1) is 22.4 Å². The molecule has 0 bridgehead atoms. The lowest BCUT2D eigenvalue weighted by Gasteiger charge is -2.36. The van der Waals surface area contributed by atoms with Gasteiger partial charge >= 0.3 is 0 Å². The molecule has 0 saturated carbocycles. The Kier molecular flexibility index (Phi) is 9.10. The number of hydrogen-bond donors (Lipinski definition) is 1. The fourth-order valence-corrected chi connectivity index (χ4v) is 5.53. The zero-order valence-corrected chi connectivity index (χ0v) is 23.0. The first-order valence-corrected chi connectivity index (χ1v) is 13.9. The van der Waals surface area contributed by atoms with Crippen LogP contribution in [0.25, 0.3) is 0 Å². The van der Waals surface area contributed by atoms with E-state index in [4.69, 9.17) is 11.6 Å². The summed E-state index contributed by atoms with van der Waals surface area (Å²) in [6.07, 6.45) is 0. The van der Waals surface area contributed by atoms with E-state index >= 15 is 0 Å². The second-order valence-electron chi connectivity index (χ2n) is 9.25. The number of hydrogen-bond acceptors (Lipinski definition) is 6. The van der Waals surface area contributed by atoms with Crippen LogP contribution >= 0.6 is 23.4 Å². The molecule has 0 aliphatic carbocycles. The van der Waals surface area contributed by atoms with Gasteiger partial charge in [0.2, 0.25) is 5.91 Å². The Balaban J connectivity index is 1.38. The second kappa shape index (κ2) is 12.5. The number of anilines is 1. The van der Waals surface area contributed by atoms with Crippen molar-refractivity contribution in [2.45, 2.75) is 38.5 Å². The van der Waals surface area contributed by atoms with E-state index in [0.717, 1.165) is 13.1 Å². The minimum atomic E-state index is -0.354. The van der Waals surface area contributed by atoms with Crippen molar-refractivity contribution < 1.29 is 9.59 Å². The molecule has 196 valence electrons. The molecule has 1 atom stereocenters. The van der Waals surface area contributed by atoms with Crippen LogP contribution < -0.4 is 10.2 Å². The first kappa shape index (κ1) is 27.0. The van der Waals surface area contributed by atoms with E-state index in [-0.39, 0.29) is 23.8 Å². The maximum absolute atomic E-state index is 13.0. The number of aromatic nitrogens is 3. The van der Waals surface area contributed by atoms with Crippen LogP contribution in [0.15, 0.2) is 59.8 Å². The van der Waals surface area contributed by atoms with Gasteiger partial charge in [-0.05, 0) is 37.1 Å². The molecule has 3 aromatic rings. The van der Waals surface area contributed by atoms with Crippen molar-refractivity contribution >= 4 is 40.9 Å². The predicted molar refractivity (Wildman–Crippen MR) is 148 cm³/mol. The average Bonchev–Trinajstić information content (AvgIpc) is 3.33. The molecule has 1 aromatic heterocycles. The summed E-state index contributed by atoms with van der Waals surface area (Å²) in [6, 6.07) is 16.9. The smallest absolute Gasteiger partial charge is 0.253 e. The van der Waals surface area contributed by atoms with Crippen LogP contribution in [-0.2, 0) is 11.3 Å². The van der Waals surface area contributed by atoms with Crippen molar-refractivity contribution in [3.8, 4) is 0 Å². The third-order valence-corrected chi connectivity index (χ3v) is 7.77. The van der Waals surface area contributed by atoms with Gasteiger partial charge < -0.3 is 19.7 Å². The second-order valence-corrected chi connectivity index (χ2v) is 10.6. The Bertz CT molecular complexity index is 1210. The fourth-order valence-electron chi connectivity index (χ4n) is 4.40. The van der Waals surface area contributed by atoms with E-state index in [0.29, 0.717) is 47.0 Å². The van der Waals surface area contributed by atoms with Crippen LogP contribution in [0.2, 0.25) is 5.02 Å². The molecule has 0 unspecified atom stereocenters. The molecular formula is C27H33ClN6O2S. The Morgan fingerprint density at radius 3 is 2.32 bits per heavy atom. The molecular weight excluding hydrogens is 508 g/mol. The van der Waals surface area contributed by atoms with E-state index in [1.54, 1.807) is 24.3 Å². The molecule has 1 aliphatic rings. The van der Waals surface area contributed by atoms with Crippen LogP contribution in [0.4, 0.5) is 5.69 Å². The number of nitrogens with zero attached hydrogens (tertiary/aromatic N) is 5. The van der Waals surface area contributed by atoms with Crippen molar-refractivity contribution in [2.24, 2.45) is 5.92 Å². The molecule has 2 aromatic carbocycles. The molecule has 8 nitrogen and oxygen atoms in total. The number of rotatable bonds is 9.